The van der Waals surface area contributed by atoms with Crippen LogP contribution in [0.15, 0.2) is 0 Å². The van der Waals surface area contributed by atoms with Crippen molar-refractivity contribution in [2.24, 2.45) is 5.41 Å². The van der Waals surface area contributed by atoms with Gasteiger partial charge < -0.3 is 14.7 Å². The van der Waals surface area contributed by atoms with Crippen LogP contribution in [0.5, 0.6) is 0 Å². The first kappa shape index (κ1) is 13.9. The van der Waals surface area contributed by atoms with E-state index in [0.29, 0.717) is 32.5 Å². The Morgan fingerprint density at radius 3 is 2.35 bits per heavy atom. The number of carboxylic acids is 1. The summed E-state index contributed by atoms with van der Waals surface area (Å²) in [4.78, 5) is 25.7. The SMILES string of the molecule is O=C(CC1(C(=O)O)CCC1)N1CCOC2(CCCC2)C1. The summed E-state index contributed by atoms with van der Waals surface area (Å²) in [5, 5.41) is 9.34. The number of amides is 1. The highest BCUT2D eigenvalue weighted by molar-refractivity contribution is 5.85. The number of ether oxygens (including phenoxy) is 1. The van der Waals surface area contributed by atoms with Gasteiger partial charge in [-0.2, -0.15) is 0 Å². The second-order valence-corrected chi connectivity index (χ2v) is 6.67. The van der Waals surface area contributed by atoms with E-state index in [1.165, 1.54) is 12.8 Å². The lowest BCUT2D eigenvalue weighted by Crippen LogP contribution is -2.54. The predicted octanol–water partition coefficient (Wildman–Crippen LogP) is 1.80. The van der Waals surface area contributed by atoms with Crippen molar-refractivity contribution in [1.29, 1.82) is 0 Å². The average molecular weight is 281 g/mol. The summed E-state index contributed by atoms with van der Waals surface area (Å²) < 4.78 is 5.91. The van der Waals surface area contributed by atoms with Crippen LogP contribution in [0.3, 0.4) is 0 Å². The molecule has 0 unspecified atom stereocenters. The van der Waals surface area contributed by atoms with Crippen molar-refractivity contribution in [3.05, 3.63) is 0 Å². The molecular formula is C15H23NO4. The number of hydrogen-bond donors (Lipinski definition) is 1. The molecule has 1 spiro atoms. The van der Waals surface area contributed by atoms with Gasteiger partial charge in [0.15, 0.2) is 0 Å². The topological polar surface area (TPSA) is 66.8 Å². The highest BCUT2D eigenvalue weighted by atomic mass is 16.5. The van der Waals surface area contributed by atoms with Gasteiger partial charge in [-0.1, -0.05) is 19.3 Å². The fourth-order valence-corrected chi connectivity index (χ4v) is 3.85. The first-order chi connectivity index (χ1) is 9.55. The third-order valence-corrected chi connectivity index (χ3v) is 5.37. The first-order valence-electron chi connectivity index (χ1n) is 7.71. The molecular weight excluding hydrogens is 258 g/mol. The maximum Gasteiger partial charge on any atom is 0.310 e. The number of carbonyl (C=O) groups excluding carboxylic acids is 1. The molecule has 5 nitrogen and oxygen atoms in total. The van der Waals surface area contributed by atoms with Gasteiger partial charge >= 0.3 is 5.97 Å². The number of carbonyl (C=O) groups is 2. The molecule has 0 radical (unpaired) electrons. The highest BCUT2D eigenvalue weighted by Gasteiger charge is 2.48. The van der Waals surface area contributed by atoms with E-state index in [9.17, 15) is 14.7 Å². The fraction of sp³-hybridized carbons (Fsp3) is 0.867. The maximum atomic E-state index is 12.5. The number of carboxylic acid groups (broad SMARTS) is 1. The van der Waals surface area contributed by atoms with Gasteiger partial charge in [-0.25, -0.2) is 0 Å². The Balaban J connectivity index is 1.63. The number of morpholine rings is 1. The zero-order valence-electron chi connectivity index (χ0n) is 11.9. The lowest BCUT2D eigenvalue weighted by molar-refractivity contribution is -0.164. The fourth-order valence-electron chi connectivity index (χ4n) is 3.85. The molecule has 3 rings (SSSR count). The van der Waals surface area contributed by atoms with Crippen LogP contribution >= 0.6 is 0 Å². The van der Waals surface area contributed by atoms with Crippen molar-refractivity contribution in [2.75, 3.05) is 19.7 Å². The molecule has 5 heteroatoms. The Hall–Kier alpha value is -1.10. The van der Waals surface area contributed by atoms with Gasteiger partial charge in [-0.05, 0) is 25.7 Å². The number of hydrogen-bond acceptors (Lipinski definition) is 3. The van der Waals surface area contributed by atoms with Gasteiger partial charge in [0.1, 0.15) is 0 Å². The molecule has 2 aliphatic carbocycles. The van der Waals surface area contributed by atoms with Gasteiger partial charge in [0.2, 0.25) is 5.91 Å². The minimum Gasteiger partial charge on any atom is -0.481 e. The molecule has 1 amide bonds. The number of nitrogens with zero attached hydrogens (tertiary/aromatic N) is 1. The first-order valence-corrected chi connectivity index (χ1v) is 7.71. The van der Waals surface area contributed by atoms with Crippen LogP contribution in [0.4, 0.5) is 0 Å². The molecule has 0 atom stereocenters. The highest BCUT2D eigenvalue weighted by Crippen LogP contribution is 2.45. The summed E-state index contributed by atoms with van der Waals surface area (Å²) in [6.45, 7) is 1.85. The molecule has 1 aliphatic heterocycles. The number of aliphatic carboxylic acids is 1. The molecule has 1 N–H and O–H groups in total. The monoisotopic (exact) mass is 281 g/mol. The standard InChI is InChI=1S/C15H23NO4/c17-12(10-14(13(18)19)4-3-5-14)16-8-9-20-15(11-16)6-1-2-7-15/h1-11H2,(H,18,19). The predicted molar refractivity (Wildman–Crippen MR) is 72.3 cm³/mol. The molecule has 0 aromatic carbocycles. The van der Waals surface area contributed by atoms with Gasteiger partial charge in [0.05, 0.1) is 17.6 Å². The third-order valence-electron chi connectivity index (χ3n) is 5.37. The summed E-state index contributed by atoms with van der Waals surface area (Å²) in [7, 11) is 0. The Morgan fingerprint density at radius 2 is 1.80 bits per heavy atom. The Labute approximate surface area is 119 Å². The van der Waals surface area contributed by atoms with Crippen molar-refractivity contribution < 1.29 is 19.4 Å². The third kappa shape index (κ3) is 2.32. The zero-order chi connectivity index (χ0) is 14.2. The maximum absolute atomic E-state index is 12.5. The van der Waals surface area contributed by atoms with Crippen molar-refractivity contribution in [3.8, 4) is 0 Å². The smallest absolute Gasteiger partial charge is 0.310 e. The molecule has 0 bridgehead atoms. The van der Waals surface area contributed by atoms with Crippen LogP contribution in [-0.2, 0) is 14.3 Å². The van der Waals surface area contributed by atoms with E-state index in [1.807, 2.05) is 4.90 Å². The summed E-state index contributed by atoms with van der Waals surface area (Å²) >= 11 is 0. The molecule has 2 saturated carbocycles. The van der Waals surface area contributed by atoms with E-state index in [2.05, 4.69) is 0 Å². The van der Waals surface area contributed by atoms with Crippen LogP contribution in [0.25, 0.3) is 0 Å². The molecule has 3 aliphatic rings. The van der Waals surface area contributed by atoms with E-state index < -0.39 is 11.4 Å². The van der Waals surface area contributed by atoms with Gasteiger partial charge in [-0.15, -0.1) is 0 Å². The summed E-state index contributed by atoms with van der Waals surface area (Å²) in [5.41, 5.74) is -0.915. The van der Waals surface area contributed by atoms with Crippen LogP contribution < -0.4 is 0 Å². The van der Waals surface area contributed by atoms with E-state index in [1.54, 1.807) is 0 Å². The van der Waals surface area contributed by atoms with Crippen molar-refractivity contribution in [3.63, 3.8) is 0 Å². The normalized spacial score (nSPS) is 27.3. The molecule has 1 saturated heterocycles. The molecule has 0 aromatic rings. The largest absolute Gasteiger partial charge is 0.481 e. The van der Waals surface area contributed by atoms with Crippen molar-refractivity contribution in [2.45, 2.75) is 57.0 Å². The van der Waals surface area contributed by atoms with Crippen LogP contribution in [0.1, 0.15) is 51.4 Å². The van der Waals surface area contributed by atoms with Crippen LogP contribution in [0, 0.1) is 5.41 Å². The van der Waals surface area contributed by atoms with Gasteiger partial charge in [0, 0.05) is 19.5 Å². The number of rotatable bonds is 3. The van der Waals surface area contributed by atoms with Gasteiger partial charge in [-0.3, -0.25) is 9.59 Å². The Morgan fingerprint density at radius 1 is 1.10 bits per heavy atom. The second-order valence-electron chi connectivity index (χ2n) is 6.67. The van der Waals surface area contributed by atoms with Crippen molar-refractivity contribution in [1.82, 2.24) is 4.90 Å². The second kappa shape index (κ2) is 5.02. The average Bonchev–Trinajstić information content (AvgIpc) is 2.81. The lowest BCUT2D eigenvalue weighted by Gasteiger charge is -2.43. The molecule has 112 valence electrons. The van der Waals surface area contributed by atoms with Crippen LogP contribution in [-0.4, -0.2) is 47.2 Å². The summed E-state index contributed by atoms with van der Waals surface area (Å²) in [6.07, 6.45) is 6.77. The lowest BCUT2D eigenvalue weighted by atomic mass is 9.66. The summed E-state index contributed by atoms with van der Waals surface area (Å²) in [5.74, 6) is -0.803. The molecule has 3 fully saturated rings. The molecule has 1 heterocycles. The van der Waals surface area contributed by atoms with E-state index in [0.717, 1.165) is 19.3 Å². The van der Waals surface area contributed by atoms with E-state index in [4.69, 9.17) is 4.74 Å². The molecule has 0 aromatic heterocycles. The zero-order valence-corrected chi connectivity index (χ0v) is 11.9. The Bertz CT molecular complexity index is 410. The van der Waals surface area contributed by atoms with E-state index >= 15 is 0 Å². The molecule has 20 heavy (non-hydrogen) atoms. The van der Waals surface area contributed by atoms with Gasteiger partial charge in [0.25, 0.3) is 0 Å². The Kier molecular flexibility index (Phi) is 3.48. The van der Waals surface area contributed by atoms with Crippen LogP contribution in [0.2, 0.25) is 0 Å². The summed E-state index contributed by atoms with van der Waals surface area (Å²) in [6, 6.07) is 0. The minimum atomic E-state index is -0.805. The minimum absolute atomic E-state index is 0.00155. The van der Waals surface area contributed by atoms with Crippen molar-refractivity contribution >= 4 is 11.9 Å². The quantitative estimate of drug-likeness (QED) is 0.856. The van der Waals surface area contributed by atoms with E-state index in [-0.39, 0.29) is 17.9 Å².